The molecule has 3 rings (SSSR count). The van der Waals surface area contributed by atoms with Crippen LogP contribution in [0, 0.1) is 0 Å². The zero-order valence-corrected chi connectivity index (χ0v) is 19.5. The highest BCUT2D eigenvalue weighted by molar-refractivity contribution is 6.39. The van der Waals surface area contributed by atoms with Gasteiger partial charge in [-0.15, -0.1) is 0 Å². The van der Waals surface area contributed by atoms with Gasteiger partial charge in [0.2, 0.25) is 0 Å². The Kier molecular flexibility index (Phi) is 9.21. The van der Waals surface area contributed by atoms with Crippen molar-refractivity contribution in [3.05, 3.63) is 83.4 Å². The number of rotatable bonds is 9. The van der Waals surface area contributed by atoms with Crippen molar-refractivity contribution in [2.24, 2.45) is 5.10 Å². The number of ether oxygens (including phenoxy) is 2. The Hall–Kier alpha value is -4.37. The maximum absolute atomic E-state index is 12.2. The van der Waals surface area contributed by atoms with E-state index in [1.165, 1.54) is 6.21 Å². The Bertz CT molecular complexity index is 1230. The molecule has 10 heteroatoms. The van der Waals surface area contributed by atoms with Crippen LogP contribution in [-0.4, -0.2) is 37.1 Å². The monoisotopic (exact) mass is 494 g/mol. The van der Waals surface area contributed by atoms with E-state index in [0.717, 1.165) is 0 Å². The van der Waals surface area contributed by atoms with E-state index in [2.05, 4.69) is 21.2 Å². The first-order valence-electron chi connectivity index (χ1n) is 10.6. The summed E-state index contributed by atoms with van der Waals surface area (Å²) in [5.41, 5.74) is 3.49. The van der Waals surface area contributed by atoms with Crippen LogP contribution in [0.2, 0.25) is 5.02 Å². The molecular weight excluding hydrogens is 472 g/mol. The molecule has 0 atom stereocenters. The van der Waals surface area contributed by atoms with Crippen LogP contribution in [0.15, 0.2) is 77.9 Å². The standard InChI is InChI=1S/C25H23ClN4O5/c1-2-34-22-14-8-6-12-20(22)29-24(32)25(33)30-27-15-17-9-3-7-13-21(17)35-16-23(31)28-19-11-5-4-10-18(19)26/h3-15H,2,16H2,1H3,(H,28,31)(H,29,32)(H,30,33)/b27-15-. The molecule has 0 aliphatic heterocycles. The first-order valence-corrected chi connectivity index (χ1v) is 11.0. The molecule has 0 fully saturated rings. The van der Waals surface area contributed by atoms with Gasteiger partial charge in [-0.1, -0.05) is 48.0 Å². The summed E-state index contributed by atoms with van der Waals surface area (Å²) in [4.78, 5) is 36.5. The van der Waals surface area contributed by atoms with E-state index in [1.807, 2.05) is 6.92 Å². The SMILES string of the molecule is CCOc1ccccc1NC(=O)C(=O)N/N=C\c1ccccc1OCC(=O)Nc1ccccc1Cl. The highest BCUT2D eigenvalue weighted by Gasteiger charge is 2.15. The van der Waals surface area contributed by atoms with Gasteiger partial charge in [-0.25, -0.2) is 5.43 Å². The lowest BCUT2D eigenvalue weighted by Crippen LogP contribution is -2.32. The molecule has 180 valence electrons. The van der Waals surface area contributed by atoms with Crippen molar-refractivity contribution >= 4 is 46.9 Å². The minimum Gasteiger partial charge on any atom is -0.492 e. The highest BCUT2D eigenvalue weighted by Crippen LogP contribution is 2.23. The normalized spacial score (nSPS) is 10.5. The topological polar surface area (TPSA) is 118 Å². The molecule has 0 radical (unpaired) electrons. The average molecular weight is 495 g/mol. The van der Waals surface area contributed by atoms with Crippen LogP contribution >= 0.6 is 11.6 Å². The quantitative estimate of drug-likeness (QED) is 0.237. The first-order chi connectivity index (χ1) is 17.0. The Morgan fingerprint density at radius 1 is 0.829 bits per heavy atom. The molecule has 0 saturated heterocycles. The predicted octanol–water partition coefficient (Wildman–Crippen LogP) is 3.85. The summed E-state index contributed by atoms with van der Waals surface area (Å²) in [6.45, 7) is 1.95. The Morgan fingerprint density at radius 3 is 2.23 bits per heavy atom. The number of nitrogens with zero attached hydrogens (tertiary/aromatic N) is 1. The summed E-state index contributed by atoms with van der Waals surface area (Å²) in [5.74, 6) is -1.47. The van der Waals surface area contributed by atoms with E-state index in [-0.39, 0.29) is 6.61 Å². The van der Waals surface area contributed by atoms with Gasteiger partial charge in [0, 0.05) is 5.56 Å². The zero-order chi connectivity index (χ0) is 25.0. The van der Waals surface area contributed by atoms with Crippen molar-refractivity contribution in [2.75, 3.05) is 23.8 Å². The summed E-state index contributed by atoms with van der Waals surface area (Å²) in [5, 5.41) is 9.37. The molecule has 3 N–H and O–H groups in total. The number of benzene rings is 3. The number of carbonyl (C=O) groups is 3. The molecule has 0 aliphatic carbocycles. The number of anilines is 2. The molecule has 0 aliphatic rings. The number of para-hydroxylation sites is 4. The van der Waals surface area contributed by atoms with Gasteiger partial charge in [0.15, 0.2) is 6.61 Å². The molecule has 0 aromatic heterocycles. The first kappa shape index (κ1) is 25.3. The fraction of sp³-hybridized carbons (Fsp3) is 0.120. The lowest BCUT2D eigenvalue weighted by atomic mass is 10.2. The number of amides is 3. The summed E-state index contributed by atoms with van der Waals surface area (Å²) in [6, 6.07) is 20.4. The van der Waals surface area contributed by atoms with Gasteiger partial charge in [-0.3, -0.25) is 14.4 Å². The molecular formula is C25H23ClN4O5. The second-order valence-corrected chi connectivity index (χ2v) is 7.34. The van der Waals surface area contributed by atoms with Crippen molar-refractivity contribution in [1.29, 1.82) is 0 Å². The van der Waals surface area contributed by atoms with Gasteiger partial charge >= 0.3 is 11.8 Å². The molecule has 35 heavy (non-hydrogen) atoms. The molecule has 0 unspecified atom stereocenters. The van der Waals surface area contributed by atoms with Crippen LogP contribution < -0.4 is 25.5 Å². The maximum atomic E-state index is 12.2. The Balaban J connectivity index is 1.55. The van der Waals surface area contributed by atoms with Crippen LogP contribution in [0.3, 0.4) is 0 Å². The van der Waals surface area contributed by atoms with Gasteiger partial charge in [0.25, 0.3) is 5.91 Å². The number of hydrogen-bond donors (Lipinski definition) is 3. The largest absolute Gasteiger partial charge is 0.492 e. The summed E-state index contributed by atoms with van der Waals surface area (Å²) < 4.78 is 11.0. The van der Waals surface area contributed by atoms with E-state index in [9.17, 15) is 14.4 Å². The molecule has 0 saturated carbocycles. The van der Waals surface area contributed by atoms with E-state index < -0.39 is 17.7 Å². The highest BCUT2D eigenvalue weighted by atomic mass is 35.5. The molecule has 0 heterocycles. The number of nitrogens with one attached hydrogen (secondary N) is 3. The van der Waals surface area contributed by atoms with Gasteiger partial charge in [0.05, 0.1) is 29.2 Å². The van der Waals surface area contributed by atoms with Gasteiger partial charge in [-0.05, 0) is 43.3 Å². The average Bonchev–Trinajstić information content (AvgIpc) is 2.86. The number of hydrogen-bond acceptors (Lipinski definition) is 6. The second-order valence-electron chi connectivity index (χ2n) is 6.94. The zero-order valence-electron chi connectivity index (χ0n) is 18.8. The van der Waals surface area contributed by atoms with Crippen molar-refractivity contribution in [1.82, 2.24) is 5.43 Å². The van der Waals surface area contributed by atoms with Crippen LogP contribution in [0.4, 0.5) is 11.4 Å². The van der Waals surface area contributed by atoms with Gasteiger partial charge in [-0.2, -0.15) is 5.10 Å². The third-order valence-electron chi connectivity index (χ3n) is 4.44. The van der Waals surface area contributed by atoms with Crippen molar-refractivity contribution in [2.45, 2.75) is 6.92 Å². The summed E-state index contributed by atoms with van der Waals surface area (Å²) in [7, 11) is 0. The third kappa shape index (κ3) is 7.58. The molecule has 3 amide bonds. The van der Waals surface area contributed by atoms with Crippen molar-refractivity contribution in [3.63, 3.8) is 0 Å². The predicted molar refractivity (Wildman–Crippen MR) is 134 cm³/mol. The molecule has 0 spiro atoms. The lowest BCUT2D eigenvalue weighted by Gasteiger charge is -2.11. The van der Waals surface area contributed by atoms with E-state index in [1.54, 1.807) is 72.8 Å². The van der Waals surface area contributed by atoms with Gasteiger partial charge < -0.3 is 20.1 Å². The Morgan fingerprint density at radius 2 is 1.49 bits per heavy atom. The van der Waals surface area contributed by atoms with Crippen molar-refractivity contribution in [3.8, 4) is 11.5 Å². The minimum absolute atomic E-state index is 0.274. The van der Waals surface area contributed by atoms with E-state index in [0.29, 0.717) is 40.1 Å². The number of hydrazone groups is 1. The lowest BCUT2D eigenvalue weighted by molar-refractivity contribution is -0.136. The van der Waals surface area contributed by atoms with Crippen LogP contribution in [0.5, 0.6) is 11.5 Å². The molecule has 3 aromatic carbocycles. The fourth-order valence-corrected chi connectivity index (χ4v) is 3.04. The molecule has 3 aromatic rings. The summed E-state index contributed by atoms with van der Waals surface area (Å²) >= 11 is 6.04. The van der Waals surface area contributed by atoms with Crippen LogP contribution in [0.1, 0.15) is 12.5 Å². The molecule has 0 bridgehead atoms. The molecule has 9 nitrogen and oxygen atoms in total. The Labute approximate surface area is 207 Å². The van der Waals surface area contributed by atoms with E-state index >= 15 is 0 Å². The number of halogens is 1. The third-order valence-corrected chi connectivity index (χ3v) is 4.77. The maximum Gasteiger partial charge on any atom is 0.329 e. The van der Waals surface area contributed by atoms with Crippen LogP contribution in [0.25, 0.3) is 0 Å². The fourth-order valence-electron chi connectivity index (χ4n) is 2.85. The second kappa shape index (κ2) is 12.8. The van der Waals surface area contributed by atoms with E-state index in [4.69, 9.17) is 21.1 Å². The van der Waals surface area contributed by atoms with Crippen molar-refractivity contribution < 1.29 is 23.9 Å². The smallest absolute Gasteiger partial charge is 0.329 e. The number of carbonyl (C=O) groups excluding carboxylic acids is 3. The van der Waals surface area contributed by atoms with Crippen LogP contribution in [-0.2, 0) is 14.4 Å². The minimum atomic E-state index is -0.968. The summed E-state index contributed by atoms with van der Waals surface area (Å²) in [6.07, 6.45) is 1.31. The van der Waals surface area contributed by atoms with Gasteiger partial charge in [0.1, 0.15) is 11.5 Å².